The van der Waals surface area contributed by atoms with Crippen molar-refractivity contribution in [1.82, 2.24) is 4.98 Å². The first-order valence-electron chi connectivity index (χ1n) is 9.63. The summed E-state index contributed by atoms with van der Waals surface area (Å²) in [7, 11) is 0. The SMILES string of the molecule is CCOc1ccc(NC(=O)C2CCc3sc(NC(=O)c4ccc(Cl)cc4)nc32)cc1. The van der Waals surface area contributed by atoms with E-state index in [9.17, 15) is 9.59 Å². The number of fused-ring (bicyclic) bond motifs is 1. The number of carbonyl (C=O) groups is 2. The molecule has 30 heavy (non-hydrogen) atoms. The van der Waals surface area contributed by atoms with Crippen LogP contribution in [0.5, 0.6) is 5.75 Å². The highest BCUT2D eigenvalue weighted by Gasteiger charge is 2.33. The average molecular weight is 442 g/mol. The number of benzene rings is 2. The van der Waals surface area contributed by atoms with Gasteiger partial charge in [0.05, 0.1) is 18.2 Å². The Morgan fingerprint density at radius 1 is 1.13 bits per heavy atom. The third-order valence-corrected chi connectivity index (χ3v) is 6.09. The van der Waals surface area contributed by atoms with Gasteiger partial charge in [0.15, 0.2) is 5.13 Å². The highest BCUT2D eigenvalue weighted by molar-refractivity contribution is 7.16. The number of anilines is 2. The molecule has 1 atom stereocenters. The van der Waals surface area contributed by atoms with Gasteiger partial charge in [-0.1, -0.05) is 11.6 Å². The van der Waals surface area contributed by atoms with Crippen molar-refractivity contribution in [2.75, 3.05) is 17.2 Å². The highest BCUT2D eigenvalue weighted by atomic mass is 35.5. The summed E-state index contributed by atoms with van der Waals surface area (Å²) < 4.78 is 5.42. The summed E-state index contributed by atoms with van der Waals surface area (Å²) in [6.45, 7) is 2.52. The van der Waals surface area contributed by atoms with E-state index in [-0.39, 0.29) is 17.7 Å². The number of aromatic nitrogens is 1. The first-order valence-corrected chi connectivity index (χ1v) is 10.8. The van der Waals surface area contributed by atoms with Gasteiger partial charge in [-0.2, -0.15) is 0 Å². The molecule has 1 unspecified atom stereocenters. The Kier molecular flexibility index (Phi) is 6.01. The normalized spacial score (nSPS) is 14.8. The smallest absolute Gasteiger partial charge is 0.257 e. The van der Waals surface area contributed by atoms with Crippen LogP contribution >= 0.6 is 22.9 Å². The van der Waals surface area contributed by atoms with Crippen LogP contribution in [0, 0.1) is 0 Å². The molecule has 0 bridgehead atoms. The molecule has 1 aliphatic carbocycles. The van der Waals surface area contributed by atoms with Gasteiger partial charge < -0.3 is 10.1 Å². The second-order valence-electron chi connectivity index (χ2n) is 6.83. The van der Waals surface area contributed by atoms with Gasteiger partial charge in [-0.05, 0) is 68.3 Å². The minimum Gasteiger partial charge on any atom is -0.494 e. The number of halogens is 1. The summed E-state index contributed by atoms with van der Waals surface area (Å²) in [5.41, 5.74) is 1.96. The number of amides is 2. The van der Waals surface area contributed by atoms with Gasteiger partial charge in [-0.25, -0.2) is 4.98 Å². The van der Waals surface area contributed by atoms with Crippen LogP contribution in [0.2, 0.25) is 5.02 Å². The monoisotopic (exact) mass is 441 g/mol. The van der Waals surface area contributed by atoms with E-state index in [0.717, 1.165) is 22.7 Å². The molecule has 0 spiro atoms. The molecule has 1 aliphatic rings. The Bertz CT molecular complexity index is 1060. The van der Waals surface area contributed by atoms with Crippen molar-refractivity contribution in [3.63, 3.8) is 0 Å². The van der Waals surface area contributed by atoms with E-state index in [1.807, 2.05) is 31.2 Å². The summed E-state index contributed by atoms with van der Waals surface area (Å²) in [5, 5.41) is 6.83. The van der Waals surface area contributed by atoms with Crippen LogP contribution in [0.25, 0.3) is 0 Å². The molecule has 154 valence electrons. The predicted molar refractivity (Wildman–Crippen MR) is 119 cm³/mol. The number of hydrogen-bond donors (Lipinski definition) is 2. The zero-order valence-electron chi connectivity index (χ0n) is 16.3. The molecule has 0 radical (unpaired) electrons. The van der Waals surface area contributed by atoms with Crippen molar-refractivity contribution >= 4 is 45.6 Å². The van der Waals surface area contributed by atoms with Gasteiger partial charge in [0.25, 0.3) is 5.91 Å². The summed E-state index contributed by atoms with van der Waals surface area (Å²) in [6, 6.07) is 13.9. The van der Waals surface area contributed by atoms with Crippen molar-refractivity contribution < 1.29 is 14.3 Å². The Balaban J connectivity index is 1.42. The molecule has 1 heterocycles. The van der Waals surface area contributed by atoms with E-state index in [0.29, 0.717) is 34.4 Å². The Morgan fingerprint density at radius 3 is 2.57 bits per heavy atom. The molecule has 3 aromatic rings. The quantitative estimate of drug-likeness (QED) is 0.556. The van der Waals surface area contributed by atoms with E-state index in [2.05, 4.69) is 15.6 Å². The maximum absolute atomic E-state index is 12.8. The van der Waals surface area contributed by atoms with Gasteiger partial charge in [0, 0.05) is 21.2 Å². The topological polar surface area (TPSA) is 80.3 Å². The molecule has 0 fully saturated rings. The highest BCUT2D eigenvalue weighted by Crippen LogP contribution is 2.39. The minimum absolute atomic E-state index is 0.0983. The van der Waals surface area contributed by atoms with Gasteiger partial charge >= 0.3 is 0 Å². The largest absolute Gasteiger partial charge is 0.494 e. The molecule has 6 nitrogen and oxygen atoms in total. The van der Waals surface area contributed by atoms with Gasteiger partial charge in [0.1, 0.15) is 5.75 Å². The third kappa shape index (κ3) is 4.47. The number of nitrogens with one attached hydrogen (secondary N) is 2. The Hall–Kier alpha value is -2.90. The molecule has 8 heteroatoms. The Labute approximate surface area is 183 Å². The second-order valence-corrected chi connectivity index (χ2v) is 8.35. The van der Waals surface area contributed by atoms with Gasteiger partial charge in [-0.15, -0.1) is 11.3 Å². The van der Waals surface area contributed by atoms with E-state index >= 15 is 0 Å². The lowest BCUT2D eigenvalue weighted by atomic mass is 10.1. The number of carbonyl (C=O) groups excluding carboxylic acids is 2. The fourth-order valence-corrected chi connectivity index (χ4v) is 4.50. The van der Waals surface area contributed by atoms with Gasteiger partial charge in [0.2, 0.25) is 5.91 Å². The molecular formula is C22H20ClN3O3S. The molecule has 2 N–H and O–H groups in total. The average Bonchev–Trinajstić information content (AvgIpc) is 3.30. The van der Waals surface area contributed by atoms with E-state index < -0.39 is 0 Å². The van der Waals surface area contributed by atoms with Crippen LogP contribution in [0.1, 0.15) is 40.2 Å². The van der Waals surface area contributed by atoms with Crippen LogP contribution in [-0.2, 0) is 11.2 Å². The van der Waals surface area contributed by atoms with E-state index in [1.54, 1.807) is 24.3 Å². The van der Waals surface area contributed by atoms with E-state index in [4.69, 9.17) is 16.3 Å². The maximum atomic E-state index is 12.8. The maximum Gasteiger partial charge on any atom is 0.257 e. The zero-order chi connectivity index (χ0) is 21.1. The third-order valence-electron chi connectivity index (χ3n) is 4.79. The molecule has 1 aromatic heterocycles. The molecule has 0 saturated heterocycles. The summed E-state index contributed by atoms with van der Waals surface area (Å²) in [4.78, 5) is 30.8. The first kappa shape index (κ1) is 20.4. The molecule has 2 amide bonds. The molecule has 0 aliphatic heterocycles. The van der Waals surface area contributed by atoms with Crippen molar-refractivity contribution in [2.45, 2.75) is 25.7 Å². The predicted octanol–water partition coefficient (Wildman–Crippen LogP) is 5.12. The van der Waals surface area contributed by atoms with Gasteiger partial charge in [-0.3, -0.25) is 14.9 Å². The molecule has 4 rings (SSSR count). The number of nitrogens with zero attached hydrogens (tertiary/aromatic N) is 1. The Morgan fingerprint density at radius 2 is 1.87 bits per heavy atom. The van der Waals surface area contributed by atoms with Crippen molar-refractivity contribution in [1.29, 1.82) is 0 Å². The molecular weight excluding hydrogens is 422 g/mol. The van der Waals surface area contributed by atoms with Crippen LogP contribution in [0.15, 0.2) is 48.5 Å². The fraction of sp³-hybridized carbons (Fsp3) is 0.227. The summed E-state index contributed by atoms with van der Waals surface area (Å²) >= 11 is 7.28. The van der Waals surface area contributed by atoms with Crippen molar-refractivity contribution in [3.05, 3.63) is 69.7 Å². The molecule has 0 saturated carbocycles. The van der Waals surface area contributed by atoms with Crippen molar-refractivity contribution in [2.24, 2.45) is 0 Å². The first-order chi connectivity index (χ1) is 14.5. The van der Waals surface area contributed by atoms with E-state index in [1.165, 1.54) is 11.3 Å². The number of rotatable bonds is 6. The lowest BCUT2D eigenvalue weighted by molar-refractivity contribution is -0.117. The lowest BCUT2D eigenvalue weighted by Gasteiger charge is -2.11. The fourth-order valence-electron chi connectivity index (χ4n) is 3.34. The number of thiazole rings is 1. The number of ether oxygens (including phenoxy) is 1. The number of hydrogen-bond acceptors (Lipinski definition) is 5. The van der Waals surface area contributed by atoms with Crippen LogP contribution in [0.4, 0.5) is 10.8 Å². The van der Waals surface area contributed by atoms with Crippen LogP contribution < -0.4 is 15.4 Å². The minimum atomic E-state index is -0.330. The number of aryl methyl sites for hydroxylation is 1. The van der Waals surface area contributed by atoms with Crippen LogP contribution in [0.3, 0.4) is 0 Å². The summed E-state index contributed by atoms with van der Waals surface area (Å²) in [5.74, 6) is 0.0801. The zero-order valence-corrected chi connectivity index (χ0v) is 17.8. The summed E-state index contributed by atoms with van der Waals surface area (Å²) in [6.07, 6.45) is 1.48. The molecule has 2 aromatic carbocycles. The van der Waals surface area contributed by atoms with Crippen LogP contribution in [-0.4, -0.2) is 23.4 Å². The standard InChI is InChI=1S/C22H20ClN3O3S/c1-2-29-16-9-7-15(8-10-16)24-21(28)17-11-12-18-19(17)25-22(30-18)26-20(27)13-3-5-14(23)6-4-13/h3-10,17H,2,11-12H2,1H3,(H,24,28)(H,25,26,27). The second kappa shape index (κ2) is 8.85. The lowest BCUT2D eigenvalue weighted by Crippen LogP contribution is -2.20. The van der Waals surface area contributed by atoms with Crippen molar-refractivity contribution in [3.8, 4) is 5.75 Å².